The second-order valence-electron chi connectivity index (χ2n) is 6.21. The summed E-state index contributed by atoms with van der Waals surface area (Å²) < 4.78 is 6.01. The summed E-state index contributed by atoms with van der Waals surface area (Å²) in [5, 5.41) is 1.51. The molecule has 0 fully saturated rings. The van der Waals surface area contributed by atoms with Crippen LogP contribution >= 0.6 is 23.4 Å². The molecule has 138 valence electrons. The molecule has 0 unspecified atom stereocenters. The summed E-state index contributed by atoms with van der Waals surface area (Å²) in [6.07, 6.45) is 0. The van der Waals surface area contributed by atoms with E-state index in [1.54, 1.807) is 11.8 Å². The summed E-state index contributed by atoms with van der Waals surface area (Å²) in [4.78, 5) is 10.4. The number of aryl methyl sites for hydroxylation is 1. The Bertz CT molecular complexity index is 1000. The highest BCUT2D eigenvalue weighted by Crippen LogP contribution is 2.32. The van der Waals surface area contributed by atoms with E-state index in [-0.39, 0.29) is 0 Å². The number of hydrogen-bond donors (Lipinski definition) is 0. The summed E-state index contributed by atoms with van der Waals surface area (Å²) >= 11 is 7.53. The van der Waals surface area contributed by atoms with Crippen LogP contribution in [-0.2, 0) is 0 Å². The maximum absolute atomic E-state index is 6.01. The van der Waals surface area contributed by atoms with Gasteiger partial charge in [-0.05, 0) is 43.3 Å². The number of rotatable bonds is 5. The van der Waals surface area contributed by atoms with Gasteiger partial charge in [0.05, 0.1) is 0 Å². The second-order valence-corrected chi connectivity index (χ2v) is 7.74. The summed E-state index contributed by atoms with van der Waals surface area (Å²) in [7, 11) is 0. The molecule has 1 heterocycles. The van der Waals surface area contributed by atoms with Gasteiger partial charge in [0.2, 0.25) is 5.88 Å². The van der Waals surface area contributed by atoms with E-state index in [4.69, 9.17) is 21.3 Å². The second kappa shape index (κ2) is 8.46. The lowest BCUT2D eigenvalue weighted by atomic mass is 10.2. The van der Waals surface area contributed by atoms with Gasteiger partial charge in [0.15, 0.2) is 5.82 Å². The van der Waals surface area contributed by atoms with Gasteiger partial charge in [-0.1, -0.05) is 71.4 Å². The lowest BCUT2D eigenvalue weighted by Crippen LogP contribution is -1.95. The largest absolute Gasteiger partial charge is 0.439 e. The maximum atomic E-state index is 6.01. The Labute approximate surface area is 173 Å². The van der Waals surface area contributed by atoms with Crippen LogP contribution in [0.1, 0.15) is 5.56 Å². The van der Waals surface area contributed by atoms with Crippen molar-refractivity contribution in [3.05, 3.63) is 95.5 Å². The molecule has 0 spiro atoms. The minimum atomic E-state index is 0.508. The first-order chi connectivity index (χ1) is 13.7. The zero-order valence-corrected chi connectivity index (χ0v) is 16.7. The molecule has 0 saturated carbocycles. The highest BCUT2D eigenvalue weighted by molar-refractivity contribution is 7.99. The van der Waals surface area contributed by atoms with Gasteiger partial charge >= 0.3 is 0 Å². The van der Waals surface area contributed by atoms with Crippen molar-refractivity contribution >= 4 is 23.4 Å². The van der Waals surface area contributed by atoms with E-state index in [1.165, 1.54) is 5.56 Å². The first-order valence-electron chi connectivity index (χ1n) is 8.78. The van der Waals surface area contributed by atoms with Gasteiger partial charge in [-0.3, -0.25) is 0 Å². The molecule has 0 saturated heterocycles. The van der Waals surface area contributed by atoms with E-state index >= 15 is 0 Å². The van der Waals surface area contributed by atoms with E-state index in [0.717, 1.165) is 21.2 Å². The van der Waals surface area contributed by atoms with Crippen molar-refractivity contribution in [2.75, 3.05) is 0 Å². The van der Waals surface area contributed by atoms with Gasteiger partial charge in [0.1, 0.15) is 10.8 Å². The number of aromatic nitrogens is 2. The van der Waals surface area contributed by atoms with Crippen LogP contribution in [0.2, 0.25) is 5.02 Å². The number of ether oxygens (including phenoxy) is 1. The first-order valence-corrected chi connectivity index (χ1v) is 9.98. The highest BCUT2D eigenvalue weighted by Gasteiger charge is 2.10. The monoisotopic (exact) mass is 404 g/mol. The molecule has 0 aliphatic heterocycles. The van der Waals surface area contributed by atoms with Crippen molar-refractivity contribution in [3.63, 3.8) is 0 Å². The topological polar surface area (TPSA) is 35.0 Å². The Morgan fingerprint density at radius 1 is 0.821 bits per heavy atom. The molecule has 3 nitrogen and oxygen atoms in total. The molecule has 0 aliphatic rings. The summed E-state index contributed by atoms with van der Waals surface area (Å²) in [6, 6.07) is 27.3. The molecule has 4 aromatic rings. The standard InChI is InChI=1S/C23H17ClN2OS/c1-16-7-11-19(12-8-16)27-21-15-22(28-20-13-9-18(24)10-14-20)26-23(25-21)17-5-3-2-4-6-17/h2-15H,1H3. The lowest BCUT2D eigenvalue weighted by Gasteiger charge is -2.10. The Balaban J connectivity index is 1.70. The minimum Gasteiger partial charge on any atom is -0.439 e. The third kappa shape index (κ3) is 4.71. The van der Waals surface area contributed by atoms with Gasteiger partial charge < -0.3 is 4.74 Å². The molecule has 0 atom stereocenters. The predicted molar refractivity (Wildman–Crippen MR) is 114 cm³/mol. The van der Waals surface area contributed by atoms with Crippen LogP contribution in [0.25, 0.3) is 11.4 Å². The summed E-state index contributed by atoms with van der Waals surface area (Å²) in [5.41, 5.74) is 2.12. The molecule has 0 aliphatic carbocycles. The molecule has 1 aromatic heterocycles. The van der Waals surface area contributed by atoms with Crippen LogP contribution < -0.4 is 4.74 Å². The number of benzene rings is 3. The zero-order valence-electron chi connectivity index (χ0n) is 15.2. The fraction of sp³-hybridized carbons (Fsp3) is 0.0435. The van der Waals surface area contributed by atoms with Crippen molar-refractivity contribution in [1.82, 2.24) is 9.97 Å². The molecule has 3 aromatic carbocycles. The van der Waals surface area contributed by atoms with E-state index in [9.17, 15) is 0 Å². The Kier molecular flexibility index (Phi) is 5.60. The smallest absolute Gasteiger partial charge is 0.223 e. The summed E-state index contributed by atoms with van der Waals surface area (Å²) in [6.45, 7) is 2.04. The fourth-order valence-corrected chi connectivity index (χ4v) is 3.51. The number of hydrogen-bond acceptors (Lipinski definition) is 4. The van der Waals surface area contributed by atoms with E-state index in [0.29, 0.717) is 16.7 Å². The first kappa shape index (κ1) is 18.5. The van der Waals surface area contributed by atoms with E-state index in [2.05, 4.69) is 4.98 Å². The summed E-state index contributed by atoms with van der Waals surface area (Å²) in [5.74, 6) is 1.88. The maximum Gasteiger partial charge on any atom is 0.223 e. The van der Waals surface area contributed by atoms with Crippen molar-refractivity contribution < 1.29 is 4.74 Å². The molecule has 28 heavy (non-hydrogen) atoms. The van der Waals surface area contributed by atoms with Gasteiger partial charge in [0.25, 0.3) is 0 Å². The normalized spacial score (nSPS) is 10.6. The van der Waals surface area contributed by atoms with Gasteiger partial charge in [-0.25, -0.2) is 4.98 Å². The fourth-order valence-electron chi connectivity index (χ4n) is 2.58. The molecule has 0 N–H and O–H groups in total. The number of halogens is 1. The zero-order chi connectivity index (χ0) is 19.3. The molecule has 0 bridgehead atoms. The van der Waals surface area contributed by atoms with Crippen molar-refractivity contribution in [1.29, 1.82) is 0 Å². The Hall–Kier alpha value is -2.82. The molecule has 0 amide bonds. The minimum absolute atomic E-state index is 0.508. The average molecular weight is 405 g/mol. The lowest BCUT2D eigenvalue weighted by molar-refractivity contribution is 0.460. The molecule has 4 rings (SSSR count). The third-order valence-electron chi connectivity index (χ3n) is 3.99. The van der Waals surface area contributed by atoms with E-state index in [1.807, 2.05) is 91.9 Å². The third-order valence-corrected chi connectivity index (χ3v) is 5.17. The van der Waals surface area contributed by atoms with Crippen LogP contribution in [0, 0.1) is 6.92 Å². The van der Waals surface area contributed by atoms with E-state index < -0.39 is 0 Å². The van der Waals surface area contributed by atoms with Crippen molar-refractivity contribution in [2.24, 2.45) is 0 Å². The van der Waals surface area contributed by atoms with Crippen LogP contribution in [0.4, 0.5) is 0 Å². The van der Waals surface area contributed by atoms with Crippen molar-refractivity contribution in [3.8, 4) is 23.0 Å². The molecular weight excluding hydrogens is 388 g/mol. The Morgan fingerprint density at radius 3 is 2.25 bits per heavy atom. The van der Waals surface area contributed by atoms with Crippen molar-refractivity contribution in [2.45, 2.75) is 16.8 Å². The average Bonchev–Trinajstić information content (AvgIpc) is 2.72. The number of nitrogens with zero attached hydrogens (tertiary/aromatic N) is 2. The predicted octanol–water partition coefficient (Wildman–Crippen LogP) is 7.05. The van der Waals surface area contributed by atoms with Gasteiger partial charge in [-0.2, -0.15) is 4.98 Å². The van der Waals surface area contributed by atoms with Crippen LogP contribution in [0.15, 0.2) is 94.9 Å². The SMILES string of the molecule is Cc1ccc(Oc2cc(Sc3ccc(Cl)cc3)nc(-c3ccccc3)n2)cc1. The van der Waals surface area contributed by atoms with Gasteiger partial charge in [-0.15, -0.1) is 0 Å². The van der Waals surface area contributed by atoms with Crippen LogP contribution in [-0.4, -0.2) is 9.97 Å². The molecule has 5 heteroatoms. The Morgan fingerprint density at radius 2 is 1.54 bits per heavy atom. The van der Waals surface area contributed by atoms with Crippen LogP contribution in [0.3, 0.4) is 0 Å². The molecular formula is C23H17ClN2OS. The quantitative estimate of drug-likeness (QED) is 0.334. The highest BCUT2D eigenvalue weighted by atomic mass is 35.5. The van der Waals surface area contributed by atoms with Gasteiger partial charge in [0, 0.05) is 21.5 Å². The molecule has 0 radical (unpaired) electrons. The van der Waals surface area contributed by atoms with Crippen LogP contribution in [0.5, 0.6) is 11.6 Å².